The van der Waals surface area contributed by atoms with Gasteiger partial charge in [-0.2, -0.15) is 0 Å². The van der Waals surface area contributed by atoms with Crippen molar-refractivity contribution < 1.29 is 14.9 Å². The quantitative estimate of drug-likeness (QED) is 0.546. The Morgan fingerprint density at radius 1 is 1.04 bits per heavy atom. The molecule has 4 heteroatoms. The molecule has 0 aromatic heterocycles. The van der Waals surface area contributed by atoms with E-state index in [0.29, 0.717) is 13.0 Å². The molecule has 0 heterocycles. The van der Waals surface area contributed by atoms with Crippen LogP contribution in [0.25, 0.3) is 0 Å². The molecule has 0 saturated heterocycles. The Morgan fingerprint density at radius 3 is 2.39 bits per heavy atom. The third-order valence-corrected chi connectivity index (χ3v) is 4.11. The summed E-state index contributed by atoms with van der Waals surface area (Å²) >= 11 is 0. The zero-order chi connectivity index (χ0) is 16.9. The van der Waals surface area contributed by atoms with E-state index in [2.05, 4.69) is 18.7 Å². The minimum absolute atomic E-state index is 0.161. The number of hydrogen-bond acceptors (Lipinski definition) is 4. The van der Waals surface area contributed by atoms with Crippen molar-refractivity contribution >= 4 is 0 Å². The van der Waals surface area contributed by atoms with Crippen molar-refractivity contribution in [1.29, 1.82) is 0 Å². The summed E-state index contributed by atoms with van der Waals surface area (Å²) in [7, 11) is 0. The summed E-state index contributed by atoms with van der Waals surface area (Å²) < 4.78 is 5.72. The fraction of sp³-hybridized carbons (Fsp3) is 0.684. The minimum atomic E-state index is -0.471. The molecule has 0 saturated carbocycles. The van der Waals surface area contributed by atoms with Crippen LogP contribution in [0, 0.1) is 0 Å². The molecule has 0 aliphatic rings. The number of ether oxygens (including phenoxy) is 1. The van der Waals surface area contributed by atoms with Crippen LogP contribution in [0.2, 0.25) is 0 Å². The van der Waals surface area contributed by atoms with E-state index in [-0.39, 0.29) is 6.61 Å². The van der Waals surface area contributed by atoms with E-state index in [1.807, 2.05) is 24.3 Å². The second-order valence-electron chi connectivity index (χ2n) is 5.94. The van der Waals surface area contributed by atoms with Crippen molar-refractivity contribution in [1.82, 2.24) is 4.90 Å². The predicted octanol–water partition coefficient (Wildman–Crippen LogP) is 3.38. The normalized spacial score (nSPS) is 12.6. The summed E-state index contributed by atoms with van der Waals surface area (Å²) in [4.78, 5) is 2.14. The summed E-state index contributed by atoms with van der Waals surface area (Å²) in [6, 6.07) is 7.75. The van der Waals surface area contributed by atoms with Gasteiger partial charge in [-0.1, -0.05) is 45.2 Å². The number of nitrogens with zero attached hydrogens (tertiary/aromatic N) is 1. The first-order chi connectivity index (χ1) is 11.2. The lowest BCUT2D eigenvalue weighted by atomic mass is 10.1. The third-order valence-electron chi connectivity index (χ3n) is 4.11. The van der Waals surface area contributed by atoms with Crippen LogP contribution >= 0.6 is 0 Å². The van der Waals surface area contributed by atoms with Crippen LogP contribution < -0.4 is 4.74 Å². The first-order valence-corrected chi connectivity index (χ1v) is 8.95. The van der Waals surface area contributed by atoms with Gasteiger partial charge in [-0.15, -0.1) is 0 Å². The largest absolute Gasteiger partial charge is 0.494 e. The van der Waals surface area contributed by atoms with Crippen molar-refractivity contribution in [3.05, 3.63) is 29.8 Å². The number of aliphatic hydroxyl groups excluding tert-OH is 2. The Kier molecular flexibility index (Phi) is 10.7. The van der Waals surface area contributed by atoms with Crippen LogP contribution in [0.5, 0.6) is 5.75 Å². The molecule has 23 heavy (non-hydrogen) atoms. The number of benzene rings is 1. The zero-order valence-electron chi connectivity index (χ0n) is 14.7. The second-order valence-corrected chi connectivity index (χ2v) is 5.94. The van der Waals surface area contributed by atoms with Crippen LogP contribution in [-0.2, 0) is 0 Å². The first kappa shape index (κ1) is 19.9. The maximum Gasteiger partial charge on any atom is 0.119 e. The molecule has 1 atom stereocenters. The van der Waals surface area contributed by atoms with Crippen molar-refractivity contribution in [2.24, 2.45) is 0 Å². The molecule has 1 unspecified atom stereocenters. The van der Waals surface area contributed by atoms with E-state index < -0.39 is 6.10 Å². The van der Waals surface area contributed by atoms with Gasteiger partial charge in [0.05, 0.1) is 19.3 Å². The van der Waals surface area contributed by atoms with Gasteiger partial charge in [-0.3, -0.25) is 0 Å². The lowest BCUT2D eigenvalue weighted by Gasteiger charge is -2.21. The predicted molar refractivity (Wildman–Crippen MR) is 94.9 cm³/mol. The highest BCUT2D eigenvalue weighted by atomic mass is 16.5. The number of hydrogen-bond donors (Lipinski definition) is 2. The fourth-order valence-electron chi connectivity index (χ4n) is 2.55. The van der Waals surface area contributed by atoms with Crippen molar-refractivity contribution in [2.75, 3.05) is 32.8 Å². The Balaban J connectivity index is 2.34. The van der Waals surface area contributed by atoms with Gasteiger partial charge in [0.2, 0.25) is 0 Å². The Morgan fingerprint density at radius 2 is 1.78 bits per heavy atom. The van der Waals surface area contributed by atoms with Gasteiger partial charge < -0.3 is 19.8 Å². The molecule has 1 rings (SSSR count). The van der Waals surface area contributed by atoms with E-state index in [9.17, 15) is 5.11 Å². The molecule has 132 valence electrons. The van der Waals surface area contributed by atoms with Gasteiger partial charge in [0.15, 0.2) is 0 Å². The molecule has 2 N–H and O–H groups in total. The molecule has 4 nitrogen and oxygen atoms in total. The number of aliphatic hydroxyl groups is 2. The smallest absolute Gasteiger partial charge is 0.119 e. The lowest BCUT2D eigenvalue weighted by molar-refractivity contribution is 0.133. The van der Waals surface area contributed by atoms with E-state index in [1.165, 1.54) is 19.3 Å². The Hall–Kier alpha value is -1.10. The van der Waals surface area contributed by atoms with Crippen LogP contribution in [0.3, 0.4) is 0 Å². The molecule has 0 spiro atoms. The van der Waals surface area contributed by atoms with Crippen molar-refractivity contribution in [3.63, 3.8) is 0 Å². The van der Waals surface area contributed by atoms with Crippen molar-refractivity contribution in [2.45, 2.75) is 52.1 Å². The molecule has 0 amide bonds. The highest BCUT2D eigenvalue weighted by Gasteiger charge is 2.10. The van der Waals surface area contributed by atoms with E-state index in [1.54, 1.807) is 0 Å². The molecule has 0 fully saturated rings. The minimum Gasteiger partial charge on any atom is -0.494 e. The lowest BCUT2D eigenvalue weighted by Crippen LogP contribution is -2.28. The van der Waals surface area contributed by atoms with Gasteiger partial charge in [-0.25, -0.2) is 0 Å². The second kappa shape index (κ2) is 12.3. The van der Waals surface area contributed by atoms with Crippen LogP contribution in [0.15, 0.2) is 24.3 Å². The summed E-state index contributed by atoms with van der Waals surface area (Å²) in [5.74, 6) is 0.868. The summed E-state index contributed by atoms with van der Waals surface area (Å²) in [6.07, 6.45) is 5.01. The Bertz CT molecular complexity index is 394. The molecule has 1 aromatic rings. The molecule has 1 aromatic carbocycles. The number of rotatable bonds is 13. The van der Waals surface area contributed by atoms with Gasteiger partial charge in [0, 0.05) is 13.1 Å². The molecule has 0 aliphatic carbocycles. The number of likely N-dealkylation sites (N-methyl/N-ethyl adjacent to an activating group) is 1. The zero-order valence-corrected chi connectivity index (χ0v) is 14.7. The number of unbranched alkanes of at least 4 members (excludes halogenated alkanes) is 3. The highest BCUT2D eigenvalue weighted by molar-refractivity contribution is 5.28. The average molecular weight is 323 g/mol. The molecule has 0 radical (unpaired) electrons. The average Bonchev–Trinajstić information content (AvgIpc) is 2.58. The molecular weight excluding hydrogens is 290 g/mol. The summed E-state index contributed by atoms with van der Waals surface area (Å²) in [6.45, 7) is 7.52. The highest BCUT2D eigenvalue weighted by Crippen LogP contribution is 2.20. The van der Waals surface area contributed by atoms with E-state index in [0.717, 1.165) is 37.4 Å². The van der Waals surface area contributed by atoms with Crippen LogP contribution in [-0.4, -0.2) is 48.0 Å². The summed E-state index contributed by atoms with van der Waals surface area (Å²) in [5, 5.41) is 19.2. The maximum atomic E-state index is 10.3. The monoisotopic (exact) mass is 323 g/mol. The van der Waals surface area contributed by atoms with Crippen LogP contribution in [0.4, 0.5) is 0 Å². The first-order valence-electron chi connectivity index (χ1n) is 8.95. The van der Waals surface area contributed by atoms with Crippen molar-refractivity contribution in [3.8, 4) is 5.75 Å². The third kappa shape index (κ3) is 8.35. The standard InChI is InChI=1S/C19H33NO3/c1-3-5-6-7-16-23-18-10-8-17(9-11-18)19(22)12-13-20(4-2)14-15-21/h8-11,19,21-22H,3-7,12-16H2,1-2H3. The fourth-order valence-corrected chi connectivity index (χ4v) is 2.55. The molecule has 0 aliphatic heterocycles. The van der Waals surface area contributed by atoms with Crippen LogP contribution in [0.1, 0.15) is 57.6 Å². The maximum absolute atomic E-state index is 10.3. The Labute approximate surface area is 141 Å². The topological polar surface area (TPSA) is 52.9 Å². The summed E-state index contributed by atoms with van der Waals surface area (Å²) in [5.41, 5.74) is 0.920. The van der Waals surface area contributed by atoms with E-state index >= 15 is 0 Å². The molecular formula is C19H33NO3. The van der Waals surface area contributed by atoms with Gasteiger partial charge in [0.1, 0.15) is 5.75 Å². The molecule has 0 bridgehead atoms. The van der Waals surface area contributed by atoms with Gasteiger partial charge in [0.25, 0.3) is 0 Å². The van der Waals surface area contributed by atoms with Gasteiger partial charge >= 0.3 is 0 Å². The van der Waals surface area contributed by atoms with Gasteiger partial charge in [-0.05, 0) is 37.1 Å². The van der Waals surface area contributed by atoms with E-state index in [4.69, 9.17) is 9.84 Å². The SMILES string of the molecule is CCCCCCOc1ccc(C(O)CCN(CC)CCO)cc1.